The molecule has 0 spiro atoms. The van der Waals surface area contributed by atoms with E-state index in [-0.39, 0.29) is 18.5 Å². The Bertz CT molecular complexity index is 911. The molecule has 7 heteroatoms. The van der Waals surface area contributed by atoms with Crippen molar-refractivity contribution >= 4 is 17.2 Å². The van der Waals surface area contributed by atoms with E-state index < -0.39 is 6.10 Å². The summed E-state index contributed by atoms with van der Waals surface area (Å²) in [4.78, 5) is 18.6. The minimum Gasteiger partial charge on any atom is -0.497 e. The van der Waals surface area contributed by atoms with Crippen LogP contribution in [-0.2, 0) is 11.2 Å². The fraction of sp³-hybridized carbons (Fsp3) is 0.423. The summed E-state index contributed by atoms with van der Waals surface area (Å²) in [5.41, 5.74) is 1.16. The minimum absolute atomic E-state index is 0.0351. The summed E-state index contributed by atoms with van der Waals surface area (Å²) in [6.45, 7) is 9.76. The van der Waals surface area contributed by atoms with Crippen LogP contribution in [-0.4, -0.2) is 66.8 Å². The van der Waals surface area contributed by atoms with Crippen LogP contribution in [0.15, 0.2) is 61.0 Å². The number of carbonyl (C=O) groups excluding carboxylic acids is 1. The second-order valence-corrected chi connectivity index (χ2v) is 9.14. The molecule has 0 saturated carbocycles. The Morgan fingerprint density at radius 3 is 2.73 bits per heavy atom. The molecule has 0 unspecified atom stereocenters. The molecular formula is C26H34N2O4S. The number of thiophene rings is 1. The number of benzene rings is 1. The fourth-order valence-corrected chi connectivity index (χ4v) is 5.02. The lowest BCUT2D eigenvalue weighted by atomic mass is 10.0. The van der Waals surface area contributed by atoms with Crippen LogP contribution in [0.2, 0.25) is 0 Å². The van der Waals surface area contributed by atoms with Crippen molar-refractivity contribution in [3.63, 3.8) is 0 Å². The van der Waals surface area contributed by atoms with Gasteiger partial charge in [-0.3, -0.25) is 9.69 Å². The number of hydrogen-bond acceptors (Lipinski definition) is 6. The molecule has 0 bridgehead atoms. The number of methoxy groups -OCH3 is 1. The standard InChI is InChI=1S/C26H34N2O4S/c1-4-6-7-20(29)17-27(14-5-2)18-26(30)28-15-12-25-23(13-16-33-25)24(28)19-32-22-10-8-21(31-3)9-11-22/h4-5,8-11,13,16,20,24,29H,1-2,6-7,12,14-15,17-19H2,3H3/t20-,24+/m1/s1. The van der Waals surface area contributed by atoms with E-state index in [1.165, 1.54) is 4.88 Å². The Morgan fingerprint density at radius 2 is 2.03 bits per heavy atom. The third kappa shape index (κ3) is 6.93. The maximum atomic E-state index is 13.4. The summed E-state index contributed by atoms with van der Waals surface area (Å²) in [6, 6.07) is 9.42. The molecule has 178 valence electrons. The van der Waals surface area contributed by atoms with Gasteiger partial charge in [-0.05, 0) is 60.5 Å². The predicted molar refractivity (Wildman–Crippen MR) is 133 cm³/mol. The van der Waals surface area contributed by atoms with Crippen LogP contribution >= 0.6 is 11.3 Å². The van der Waals surface area contributed by atoms with Crippen molar-refractivity contribution in [1.82, 2.24) is 9.80 Å². The molecule has 0 fully saturated rings. The number of ether oxygens (including phenoxy) is 2. The zero-order chi connectivity index (χ0) is 23.6. The number of aliphatic hydroxyl groups excluding tert-OH is 1. The molecule has 33 heavy (non-hydrogen) atoms. The number of allylic oxidation sites excluding steroid dienone is 1. The zero-order valence-electron chi connectivity index (χ0n) is 19.3. The molecule has 1 aromatic heterocycles. The maximum absolute atomic E-state index is 13.4. The smallest absolute Gasteiger partial charge is 0.237 e. The minimum atomic E-state index is -0.505. The summed E-state index contributed by atoms with van der Waals surface area (Å²) in [7, 11) is 1.63. The SMILES string of the molecule is C=CCC[C@@H](O)CN(CC=C)CC(=O)N1CCc2sccc2[C@@H]1COc1ccc(OC)cc1. The van der Waals surface area contributed by atoms with Crippen molar-refractivity contribution < 1.29 is 19.4 Å². The number of carbonyl (C=O) groups is 1. The number of aliphatic hydroxyl groups is 1. The molecule has 2 heterocycles. The molecule has 2 atom stereocenters. The van der Waals surface area contributed by atoms with Crippen molar-refractivity contribution in [3.05, 3.63) is 71.5 Å². The summed E-state index contributed by atoms with van der Waals surface area (Å²) in [6.07, 6.45) is 5.29. The lowest BCUT2D eigenvalue weighted by Crippen LogP contribution is -2.47. The van der Waals surface area contributed by atoms with Gasteiger partial charge >= 0.3 is 0 Å². The van der Waals surface area contributed by atoms with Gasteiger partial charge < -0.3 is 19.5 Å². The average molecular weight is 471 g/mol. The molecule has 0 aliphatic carbocycles. The highest BCUT2D eigenvalue weighted by molar-refractivity contribution is 7.10. The van der Waals surface area contributed by atoms with Crippen molar-refractivity contribution in [2.45, 2.75) is 31.4 Å². The Hall–Kier alpha value is -2.61. The van der Waals surface area contributed by atoms with Crippen molar-refractivity contribution in [2.75, 3.05) is 39.9 Å². The maximum Gasteiger partial charge on any atom is 0.237 e. The molecule has 2 aromatic rings. The first-order chi connectivity index (χ1) is 16.0. The van der Waals surface area contributed by atoms with Crippen LogP contribution in [0.5, 0.6) is 11.5 Å². The quantitative estimate of drug-likeness (QED) is 0.447. The third-order valence-electron chi connectivity index (χ3n) is 5.80. The Labute approximate surface area is 200 Å². The molecule has 1 aliphatic heterocycles. The Balaban J connectivity index is 1.69. The average Bonchev–Trinajstić information content (AvgIpc) is 3.30. The van der Waals surface area contributed by atoms with E-state index in [2.05, 4.69) is 24.6 Å². The first-order valence-corrected chi connectivity index (χ1v) is 12.2. The molecule has 1 aliphatic rings. The lowest BCUT2D eigenvalue weighted by molar-refractivity contribution is -0.136. The van der Waals surface area contributed by atoms with E-state index in [1.54, 1.807) is 30.6 Å². The van der Waals surface area contributed by atoms with Crippen molar-refractivity contribution in [1.29, 1.82) is 0 Å². The van der Waals surface area contributed by atoms with Crippen LogP contribution < -0.4 is 9.47 Å². The van der Waals surface area contributed by atoms with Crippen LogP contribution in [0.1, 0.15) is 29.3 Å². The topological polar surface area (TPSA) is 62.2 Å². The molecular weight excluding hydrogens is 436 g/mol. The van der Waals surface area contributed by atoms with E-state index >= 15 is 0 Å². The molecule has 0 radical (unpaired) electrons. The Kier molecular flexibility index (Phi) is 9.54. The van der Waals surface area contributed by atoms with Gasteiger partial charge in [0.25, 0.3) is 0 Å². The van der Waals surface area contributed by atoms with Crippen LogP contribution in [0.3, 0.4) is 0 Å². The van der Waals surface area contributed by atoms with Crippen LogP contribution in [0.25, 0.3) is 0 Å². The third-order valence-corrected chi connectivity index (χ3v) is 6.80. The zero-order valence-corrected chi connectivity index (χ0v) is 20.1. The second-order valence-electron chi connectivity index (χ2n) is 8.14. The highest BCUT2D eigenvalue weighted by Crippen LogP contribution is 2.34. The van der Waals surface area contributed by atoms with E-state index in [9.17, 15) is 9.90 Å². The molecule has 3 rings (SSSR count). The summed E-state index contributed by atoms with van der Waals surface area (Å²) >= 11 is 1.73. The fourth-order valence-electron chi connectivity index (χ4n) is 4.09. The van der Waals surface area contributed by atoms with Crippen molar-refractivity contribution in [2.24, 2.45) is 0 Å². The molecule has 1 amide bonds. The van der Waals surface area contributed by atoms with Crippen LogP contribution in [0.4, 0.5) is 0 Å². The highest BCUT2D eigenvalue weighted by atomic mass is 32.1. The van der Waals surface area contributed by atoms with Gasteiger partial charge in [-0.25, -0.2) is 0 Å². The van der Waals surface area contributed by atoms with Gasteiger partial charge in [0.2, 0.25) is 5.91 Å². The lowest BCUT2D eigenvalue weighted by Gasteiger charge is -2.37. The number of hydrogen-bond donors (Lipinski definition) is 1. The predicted octanol–water partition coefficient (Wildman–Crippen LogP) is 4.08. The summed E-state index contributed by atoms with van der Waals surface area (Å²) in [5.74, 6) is 1.55. The molecule has 0 saturated heterocycles. The van der Waals surface area contributed by atoms with Gasteiger partial charge in [-0.15, -0.1) is 24.5 Å². The first-order valence-electron chi connectivity index (χ1n) is 11.3. The molecule has 1 N–H and O–H groups in total. The van der Waals surface area contributed by atoms with Gasteiger partial charge in [0, 0.05) is 24.5 Å². The number of amides is 1. The number of rotatable bonds is 13. The second kappa shape index (κ2) is 12.6. The number of fused-ring (bicyclic) bond motifs is 1. The normalized spacial score (nSPS) is 16.2. The van der Waals surface area contributed by atoms with E-state index in [1.807, 2.05) is 34.1 Å². The summed E-state index contributed by atoms with van der Waals surface area (Å²) in [5, 5.41) is 12.4. The Morgan fingerprint density at radius 1 is 1.27 bits per heavy atom. The van der Waals surface area contributed by atoms with Gasteiger partial charge in [0.15, 0.2) is 0 Å². The highest BCUT2D eigenvalue weighted by Gasteiger charge is 2.33. The van der Waals surface area contributed by atoms with Gasteiger partial charge in [-0.1, -0.05) is 12.2 Å². The first kappa shape index (κ1) is 25.0. The van der Waals surface area contributed by atoms with Crippen LogP contribution in [0, 0.1) is 0 Å². The van der Waals surface area contributed by atoms with Gasteiger partial charge in [0.05, 0.1) is 25.8 Å². The monoisotopic (exact) mass is 470 g/mol. The number of nitrogens with zero attached hydrogens (tertiary/aromatic N) is 2. The van der Waals surface area contributed by atoms with Gasteiger partial charge in [0.1, 0.15) is 18.1 Å². The molecule has 6 nitrogen and oxygen atoms in total. The van der Waals surface area contributed by atoms with Crippen molar-refractivity contribution in [3.8, 4) is 11.5 Å². The van der Waals surface area contributed by atoms with Gasteiger partial charge in [-0.2, -0.15) is 0 Å². The van der Waals surface area contributed by atoms with E-state index in [4.69, 9.17) is 9.47 Å². The summed E-state index contributed by atoms with van der Waals surface area (Å²) < 4.78 is 11.3. The largest absolute Gasteiger partial charge is 0.497 e. The van der Waals surface area contributed by atoms with E-state index in [0.717, 1.165) is 29.9 Å². The molecule has 1 aromatic carbocycles. The van der Waals surface area contributed by atoms with E-state index in [0.29, 0.717) is 32.7 Å².